The molecular formula is C17H20F2N2. The molecule has 0 atom stereocenters. The molecule has 0 heterocycles. The van der Waals surface area contributed by atoms with Crippen molar-refractivity contribution in [2.24, 2.45) is 0 Å². The van der Waals surface area contributed by atoms with E-state index in [0.717, 1.165) is 12.1 Å². The van der Waals surface area contributed by atoms with E-state index >= 15 is 0 Å². The number of hydrogen-bond acceptors (Lipinski definition) is 2. The molecule has 2 nitrogen and oxygen atoms in total. The average molecular weight is 290 g/mol. The third-order valence-electron chi connectivity index (χ3n) is 3.34. The quantitative estimate of drug-likeness (QED) is 0.805. The van der Waals surface area contributed by atoms with Crippen molar-refractivity contribution in [1.29, 1.82) is 0 Å². The number of nitrogens with zero attached hydrogens (tertiary/aromatic N) is 1. The van der Waals surface area contributed by atoms with Crippen LogP contribution in [0.15, 0.2) is 54.6 Å². The van der Waals surface area contributed by atoms with Crippen LogP contribution in [0.25, 0.3) is 0 Å². The predicted octanol–water partition coefficient (Wildman–Crippen LogP) is 4.28. The molecule has 0 spiro atoms. The van der Waals surface area contributed by atoms with Gasteiger partial charge in [0.15, 0.2) is 0 Å². The topological polar surface area (TPSA) is 29.3 Å². The fraction of sp³-hybridized carbons (Fsp3) is 0.294. The second-order valence-electron chi connectivity index (χ2n) is 5.08. The van der Waals surface area contributed by atoms with Gasteiger partial charge in [0.1, 0.15) is 0 Å². The Morgan fingerprint density at radius 1 is 1.00 bits per heavy atom. The zero-order valence-electron chi connectivity index (χ0n) is 12.1. The van der Waals surface area contributed by atoms with Gasteiger partial charge in [-0.25, -0.2) is 0 Å². The number of benzene rings is 2. The second kappa shape index (κ2) is 6.57. The van der Waals surface area contributed by atoms with Crippen molar-refractivity contribution < 1.29 is 8.78 Å². The van der Waals surface area contributed by atoms with E-state index in [0.29, 0.717) is 12.2 Å². The number of nitrogens with two attached hydrogens (primary N) is 1. The van der Waals surface area contributed by atoms with E-state index in [1.165, 1.54) is 12.1 Å². The van der Waals surface area contributed by atoms with E-state index in [1.54, 1.807) is 47.4 Å². The van der Waals surface area contributed by atoms with Crippen LogP contribution in [-0.4, -0.2) is 13.1 Å². The first-order valence-electron chi connectivity index (χ1n) is 7.07. The van der Waals surface area contributed by atoms with Crippen LogP contribution in [0.1, 0.15) is 18.9 Å². The Morgan fingerprint density at radius 3 is 2.19 bits per heavy atom. The standard InChI is InChI=1S/C17H20F2N2/c1-2-12-21(16-10-8-15(20)9-11-16)13-17(18,19)14-6-4-3-5-7-14/h3-11H,2,12-13,20H2,1H3. The van der Waals surface area contributed by atoms with Crippen LogP contribution in [0.3, 0.4) is 0 Å². The van der Waals surface area contributed by atoms with Crippen LogP contribution in [0.5, 0.6) is 0 Å². The molecule has 0 bridgehead atoms. The first-order valence-corrected chi connectivity index (χ1v) is 7.07. The summed E-state index contributed by atoms with van der Waals surface area (Å²) in [6, 6.07) is 15.0. The Kier molecular flexibility index (Phi) is 4.78. The van der Waals surface area contributed by atoms with Gasteiger partial charge in [-0.1, -0.05) is 37.3 Å². The smallest absolute Gasteiger partial charge is 0.290 e. The largest absolute Gasteiger partial charge is 0.399 e. The molecule has 0 aliphatic rings. The second-order valence-corrected chi connectivity index (χ2v) is 5.08. The molecule has 0 saturated carbocycles. The maximum Gasteiger partial charge on any atom is 0.290 e. The summed E-state index contributed by atoms with van der Waals surface area (Å²) in [4.78, 5) is 1.70. The van der Waals surface area contributed by atoms with E-state index in [9.17, 15) is 8.78 Å². The van der Waals surface area contributed by atoms with Crippen LogP contribution >= 0.6 is 0 Å². The van der Waals surface area contributed by atoms with Crippen LogP contribution in [-0.2, 0) is 5.92 Å². The van der Waals surface area contributed by atoms with Crippen LogP contribution in [0.4, 0.5) is 20.2 Å². The molecule has 2 N–H and O–H groups in total. The highest BCUT2D eigenvalue weighted by Crippen LogP contribution is 2.31. The fourth-order valence-corrected chi connectivity index (χ4v) is 2.27. The summed E-state index contributed by atoms with van der Waals surface area (Å²) in [5.41, 5.74) is 7.09. The first-order chi connectivity index (χ1) is 10.0. The highest BCUT2D eigenvalue weighted by molar-refractivity contribution is 5.53. The molecule has 0 unspecified atom stereocenters. The summed E-state index contributed by atoms with van der Waals surface area (Å²) >= 11 is 0. The maximum absolute atomic E-state index is 14.4. The van der Waals surface area contributed by atoms with Gasteiger partial charge >= 0.3 is 0 Å². The minimum atomic E-state index is -2.89. The lowest BCUT2D eigenvalue weighted by atomic mass is 10.1. The van der Waals surface area contributed by atoms with E-state index < -0.39 is 5.92 Å². The Balaban J connectivity index is 2.21. The van der Waals surface area contributed by atoms with E-state index in [1.807, 2.05) is 6.92 Å². The molecule has 2 aromatic rings. The number of nitrogen functional groups attached to an aromatic ring is 1. The van der Waals surface area contributed by atoms with Crippen molar-refractivity contribution in [2.75, 3.05) is 23.7 Å². The van der Waals surface area contributed by atoms with Crippen LogP contribution in [0.2, 0.25) is 0 Å². The van der Waals surface area contributed by atoms with Gasteiger partial charge in [0, 0.05) is 23.5 Å². The molecule has 0 aliphatic heterocycles. The van der Waals surface area contributed by atoms with Gasteiger partial charge in [0.2, 0.25) is 0 Å². The third-order valence-corrected chi connectivity index (χ3v) is 3.34. The van der Waals surface area contributed by atoms with Gasteiger partial charge in [-0.3, -0.25) is 0 Å². The molecule has 2 aromatic carbocycles. The van der Waals surface area contributed by atoms with Gasteiger partial charge in [0.25, 0.3) is 5.92 Å². The SMILES string of the molecule is CCCN(CC(F)(F)c1ccccc1)c1ccc(N)cc1. The minimum absolute atomic E-state index is 0.0431. The average Bonchev–Trinajstić information content (AvgIpc) is 2.48. The van der Waals surface area contributed by atoms with Crippen molar-refractivity contribution in [3.8, 4) is 0 Å². The highest BCUT2D eigenvalue weighted by atomic mass is 19.3. The Morgan fingerprint density at radius 2 is 1.62 bits per heavy atom. The lowest BCUT2D eigenvalue weighted by Gasteiger charge is -2.29. The molecule has 0 fully saturated rings. The van der Waals surface area contributed by atoms with Crippen molar-refractivity contribution >= 4 is 11.4 Å². The zero-order valence-corrected chi connectivity index (χ0v) is 12.1. The Bertz CT molecular complexity index is 553. The minimum Gasteiger partial charge on any atom is -0.399 e. The van der Waals surface area contributed by atoms with Crippen molar-refractivity contribution in [1.82, 2.24) is 0 Å². The summed E-state index contributed by atoms with van der Waals surface area (Å²) in [6.07, 6.45) is 0.801. The number of hydrogen-bond donors (Lipinski definition) is 1. The van der Waals surface area contributed by atoms with Gasteiger partial charge in [-0.15, -0.1) is 0 Å². The van der Waals surface area contributed by atoms with E-state index in [4.69, 9.17) is 5.73 Å². The van der Waals surface area contributed by atoms with Gasteiger partial charge in [0.05, 0.1) is 6.54 Å². The van der Waals surface area contributed by atoms with Gasteiger partial charge in [-0.05, 0) is 30.7 Å². The molecule has 2 rings (SSSR count). The lowest BCUT2D eigenvalue weighted by Crippen LogP contribution is -2.36. The van der Waals surface area contributed by atoms with Crippen molar-refractivity contribution in [3.05, 3.63) is 60.2 Å². The zero-order chi connectivity index (χ0) is 15.3. The maximum atomic E-state index is 14.4. The number of anilines is 2. The van der Waals surface area contributed by atoms with Crippen LogP contribution in [0, 0.1) is 0 Å². The fourth-order valence-electron chi connectivity index (χ4n) is 2.27. The molecular weight excluding hydrogens is 270 g/mol. The molecule has 4 heteroatoms. The van der Waals surface area contributed by atoms with Gasteiger partial charge < -0.3 is 10.6 Å². The summed E-state index contributed by atoms with van der Waals surface area (Å²) in [7, 11) is 0. The lowest BCUT2D eigenvalue weighted by molar-refractivity contribution is 0.00393. The Labute approximate surface area is 124 Å². The molecule has 21 heavy (non-hydrogen) atoms. The van der Waals surface area contributed by atoms with E-state index in [-0.39, 0.29) is 12.1 Å². The summed E-state index contributed by atoms with van der Waals surface area (Å²) in [5.74, 6) is -2.89. The molecule has 0 radical (unpaired) electrons. The van der Waals surface area contributed by atoms with Crippen molar-refractivity contribution in [3.63, 3.8) is 0 Å². The van der Waals surface area contributed by atoms with E-state index in [2.05, 4.69) is 0 Å². The molecule has 0 aliphatic carbocycles. The van der Waals surface area contributed by atoms with Gasteiger partial charge in [-0.2, -0.15) is 8.78 Å². The van der Waals surface area contributed by atoms with Crippen LogP contribution < -0.4 is 10.6 Å². The molecule has 112 valence electrons. The number of alkyl halides is 2. The summed E-state index contributed by atoms with van der Waals surface area (Å²) in [5, 5.41) is 0. The number of rotatable bonds is 6. The Hall–Kier alpha value is -2.10. The van der Waals surface area contributed by atoms with Crippen molar-refractivity contribution in [2.45, 2.75) is 19.3 Å². The number of halogens is 2. The predicted molar refractivity (Wildman–Crippen MR) is 83.7 cm³/mol. The molecule has 0 amide bonds. The normalized spacial score (nSPS) is 11.4. The molecule has 0 saturated heterocycles. The first kappa shape index (κ1) is 15.3. The monoisotopic (exact) mass is 290 g/mol. The molecule has 0 aromatic heterocycles. The summed E-state index contributed by atoms with van der Waals surface area (Å²) in [6.45, 7) is 2.21. The highest BCUT2D eigenvalue weighted by Gasteiger charge is 2.33. The summed E-state index contributed by atoms with van der Waals surface area (Å²) < 4.78 is 28.9. The third kappa shape index (κ3) is 3.94.